The van der Waals surface area contributed by atoms with E-state index >= 15 is 0 Å². The Morgan fingerprint density at radius 3 is 0.892 bits per heavy atom. The van der Waals surface area contributed by atoms with Crippen molar-refractivity contribution in [1.82, 2.24) is 0 Å². The lowest BCUT2D eigenvalue weighted by Crippen LogP contribution is -2.29. The SMILES string of the molecule is CC/C=C\C/C=C\C/C=C\C/C=C\CCCCCCCCCCCCCCCCCCCCCCCCCCC(=O)OC(COC(=O)CCCCCCCCCCCCCCCCCCCCCCCCC/C=C\CCCCCCCCCC)COP(=O)(O)OCCN. The molecule has 0 aliphatic rings. The Bertz CT molecular complexity index is 1710. The molecule has 3 N–H and O–H groups in total. The number of phosphoric acid groups is 1. The van der Waals surface area contributed by atoms with Gasteiger partial charge in [-0.3, -0.25) is 18.6 Å². The standard InChI is InChI=1S/C83H156NO8P/c1-3-5-7-9-11-13-15-17-19-21-23-25-27-29-31-33-35-37-39-40-42-44-46-48-50-52-54-56-58-60-62-64-66-68-70-72-74-76-83(86)92-81(80-91-93(87,88)90-78-77-84)79-89-82(85)75-73-71-69-67-65-63-61-59-57-55-53-51-49-47-45-43-41-38-36-34-32-30-28-26-24-22-20-18-16-14-12-10-8-6-4-2/h5,7,11,13,17,19,22-25,81H,3-4,6,8-10,12,14-16,18,20-21,26-80,84H2,1-2H3,(H,87,88)/b7-5-,13-11-,19-17-,24-22-,25-23-. The Hall–Kier alpha value is -2.29. The fourth-order valence-corrected chi connectivity index (χ4v) is 13.2. The van der Waals surface area contributed by atoms with Crippen LogP contribution in [0.4, 0.5) is 0 Å². The first kappa shape index (κ1) is 90.7. The first-order valence-electron chi connectivity index (χ1n) is 40.8. The van der Waals surface area contributed by atoms with Gasteiger partial charge in [-0.25, -0.2) is 4.57 Å². The van der Waals surface area contributed by atoms with Crippen molar-refractivity contribution >= 4 is 19.8 Å². The van der Waals surface area contributed by atoms with Gasteiger partial charge in [-0.15, -0.1) is 0 Å². The second-order valence-electron chi connectivity index (χ2n) is 27.6. The van der Waals surface area contributed by atoms with Crippen molar-refractivity contribution in [3.63, 3.8) is 0 Å². The number of carbonyl (C=O) groups is 2. The molecule has 0 heterocycles. The summed E-state index contributed by atoms with van der Waals surface area (Å²) < 4.78 is 33.3. The third-order valence-corrected chi connectivity index (χ3v) is 19.4. The molecule has 0 amide bonds. The molecule has 0 aromatic heterocycles. The number of esters is 2. The molecule has 546 valence electrons. The average molecular weight is 1330 g/mol. The lowest BCUT2D eigenvalue weighted by Gasteiger charge is -2.19. The third kappa shape index (κ3) is 78.6. The van der Waals surface area contributed by atoms with Crippen LogP contribution in [0, 0.1) is 0 Å². The average Bonchev–Trinajstić information content (AvgIpc) is 3.04. The molecule has 0 radical (unpaired) electrons. The molecule has 0 saturated carbocycles. The number of carbonyl (C=O) groups excluding carboxylic acids is 2. The van der Waals surface area contributed by atoms with Crippen molar-refractivity contribution in [1.29, 1.82) is 0 Å². The summed E-state index contributed by atoms with van der Waals surface area (Å²) in [5, 5.41) is 0. The van der Waals surface area contributed by atoms with Crippen LogP contribution in [0.25, 0.3) is 0 Å². The van der Waals surface area contributed by atoms with Crippen molar-refractivity contribution in [3.05, 3.63) is 60.8 Å². The number of hydrogen-bond donors (Lipinski definition) is 2. The first-order chi connectivity index (χ1) is 45.8. The smallest absolute Gasteiger partial charge is 0.462 e. The normalized spacial score (nSPS) is 13.1. The Balaban J connectivity index is 3.74. The van der Waals surface area contributed by atoms with Gasteiger partial charge in [0.15, 0.2) is 6.10 Å². The second-order valence-corrected chi connectivity index (χ2v) is 29.1. The van der Waals surface area contributed by atoms with Crippen LogP contribution in [0.15, 0.2) is 60.8 Å². The van der Waals surface area contributed by atoms with Crippen molar-refractivity contribution in [3.8, 4) is 0 Å². The highest BCUT2D eigenvalue weighted by Gasteiger charge is 2.26. The van der Waals surface area contributed by atoms with Crippen LogP contribution in [-0.2, 0) is 32.7 Å². The molecule has 0 saturated heterocycles. The Morgan fingerprint density at radius 1 is 0.333 bits per heavy atom. The number of ether oxygens (including phenoxy) is 2. The van der Waals surface area contributed by atoms with Gasteiger partial charge in [-0.05, 0) is 77.0 Å². The minimum absolute atomic E-state index is 0.0558. The molecule has 2 atom stereocenters. The van der Waals surface area contributed by atoms with Gasteiger partial charge in [0.1, 0.15) is 6.61 Å². The van der Waals surface area contributed by atoms with Crippen molar-refractivity contribution in [2.24, 2.45) is 5.73 Å². The molecule has 2 unspecified atom stereocenters. The summed E-state index contributed by atoms with van der Waals surface area (Å²) in [4.78, 5) is 35.5. The molecule has 0 fully saturated rings. The Labute approximate surface area is 578 Å². The van der Waals surface area contributed by atoms with E-state index in [1.807, 2.05) is 0 Å². The molecule has 0 spiro atoms. The predicted molar refractivity (Wildman–Crippen MR) is 404 cm³/mol. The Morgan fingerprint density at radius 2 is 0.591 bits per heavy atom. The topological polar surface area (TPSA) is 134 Å². The van der Waals surface area contributed by atoms with E-state index in [2.05, 4.69) is 74.6 Å². The van der Waals surface area contributed by atoms with Crippen LogP contribution in [-0.4, -0.2) is 49.3 Å². The number of phosphoric ester groups is 1. The van der Waals surface area contributed by atoms with Gasteiger partial charge in [-0.1, -0.05) is 396 Å². The van der Waals surface area contributed by atoms with Crippen LogP contribution < -0.4 is 5.73 Å². The summed E-state index contributed by atoms with van der Waals surface area (Å²) in [7, 11) is -4.39. The highest BCUT2D eigenvalue weighted by molar-refractivity contribution is 7.47. The van der Waals surface area contributed by atoms with Crippen LogP contribution >= 0.6 is 7.82 Å². The van der Waals surface area contributed by atoms with E-state index in [-0.39, 0.29) is 38.6 Å². The molecule has 0 aliphatic heterocycles. The van der Waals surface area contributed by atoms with E-state index in [1.165, 1.54) is 334 Å². The maximum absolute atomic E-state index is 12.8. The first-order valence-corrected chi connectivity index (χ1v) is 42.3. The summed E-state index contributed by atoms with van der Waals surface area (Å²) >= 11 is 0. The van der Waals surface area contributed by atoms with Gasteiger partial charge < -0.3 is 20.1 Å². The minimum Gasteiger partial charge on any atom is -0.462 e. The highest BCUT2D eigenvalue weighted by atomic mass is 31.2. The summed E-state index contributed by atoms with van der Waals surface area (Å²) in [5.74, 6) is -0.802. The summed E-state index contributed by atoms with van der Waals surface area (Å²) in [6.07, 6.45) is 104. The Kier molecular flexibility index (Phi) is 76.8. The minimum atomic E-state index is -4.39. The predicted octanol–water partition coefficient (Wildman–Crippen LogP) is 27.3. The van der Waals surface area contributed by atoms with E-state index < -0.39 is 26.5 Å². The van der Waals surface area contributed by atoms with E-state index in [9.17, 15) is 19.0 Å². The van der Waals surface area contributed by atoms with Crippen molar-refractivity contribution < 1.29 is 37.6 Å². The molecule has 0 aliphatic carbocycles. The summed E-state index contributed by atoms with van der Waals surface area (Å²) in [6.45, 7) is 3.71. The zero-order chi connectivity index (χ0) is 67.2. The van der Waals surface area contributed by atoms with Crippen LogP contribution in [0.1, 0.15) is 425 Å². The van der Waals surface area contributed by atoms with E-state index in [0.717, 1.165) is 57.8 Å². The molecule has 0 aromatic rings. The van der Waals surface area contributed by atoms with Gasteiger partial charge in [0.25, 0.3) is 0 Å². The molecule has 93 heavy (non-hydrogen) atoms. The summed E-state index contributed by atoms with van der Waals surface area (Å²) in [5.41, 5.74) is 5.42. The number of unbranched alkanes of at least 4 members (excludes halogenated alkanes) is 55. The maximum atomic E-state index is 12.8. The lowest BCUT2D eigenvalue weighted by atomic mass is 10.0. The largest absolute Gasteiger partial charge is 0.472 e. The molecule has 10 heteroatoms. The molecule has 9 nitrogen and oxygen atoms in total. The van der Waals surface area contributed by atoms with Gasteiger partial charge in [0, 0.05) is 19.4 Å². The monoisotopic (exact) mass is 1330 g/mol. The van der Waals surface area contributed by atoms with Crippen LogP contribution in [0.3, 0.4) is 0 Å². The number of hydrogen-bond acceptors (Lipinski definition) is 8. The molecule has 0 bridgehead atoms. The highest BCUT2D eigenvalue weighted by Crippen LogP contribution is 2.43. The van der Waals surface area contributed by atoms with Gasteiger partial charge >= 0.3 is 19.8 Å². The van der Waals surface area contributed by atoms with Gasteiger partial charge in [0.2, 0.25) is 0 Å². The van der Waals surface area contributed by atoms with E-state index in [0.29, 0.717) is 6.42 Å². The lowest BCUT2D eigenvalue weighted by molar-refractivity contribution is -0.161. The zero-order valence-electron chi connectivity index (χ0n) is 61.8. The molecular weight excluding hydrogens is 1170 g/mol. The summed E-state index contributed by atoms with van der Waals surface area (Å²) in [6, 6.07) is 0. The fraction of sp³-hybridized carbons (Fsp3) is 0.855. The fourth-order valence-electron chi connectivity index (χ4n) is 12.4. The van der Waals surface area contributed by atoms with Crippen LogP contribution in [0.2, 0.25) is 0 Å². The van der Waals surface area contributed by atoms with Crippen LogP contribution in [0.5, 0.6) is 0 Å². The van der Waals surface area contributed by atoms with Crippen molar-refractivity contribution in [2.45, 2.75) is 431 Å². The van der Waals surface area contributed by atoms with E-state index in [4.69, 9.17) is 24.3 Å². The molecular formula is C83H156NO8P. The quantitative estimate of drug-likeness (QED) is 0.0264. The number of rotatable bonds is 78. The van der Waals surface area contributed by atoms with Crippen molar-refractivity contribution in [2.75, 3.05) is 26.4 Å². The number of nitrogens with two attached hydrogens (primary N) is 1. The maximum Gasteiger partial charge on any atom is 0.472 e. The third-order valence-electron chi connectivity index (χ3n) is 18.4. The molecule has 0 aromatic carbocycles. The molecule has 0 rings (SSSR count). The number of allylic oxidation sites excluding steroid dienone is 10. The van der Waals surface area contributed by atoms with Gasteiger partial charge in [0.05, 0.1) is 13.2 Å². The van der Waals surface area contributed by atoms with Gasteiger partial charge in [-0.2, -0.15) is 0 Å². The second kappa shape index (κ2) is 78.7. The zero-order valence-corrected chi connectivity index (χ0v) is 62.7. The van der Waals surface area contributed by atoms with E-state index in [1.54, 1.807) is 0 Å².